The highest BCUT2D eigenvalue weighted by Crippen LogP contribution is 2.18. The van der Waals surface area contributed by atoms with E-state index in [0.717, 1.165) is 5.39 Å². The fourth-order valence-electron chi connectivity index (χ4n) is 1.56. The van der Waals surface area contributed by atoms with Gasteiger partial charge in [-0.3, -0.25) is 4.79 Å². The average molecular weight is 218 g/mol. The number of carbonyl (C=O) groups excluding carboxylic acids is 2. The zero-order valence-corrected chi connectivity index (χ0v) is 8.93. The first kappa shape index (κ1) is 10.4. The summed E-state index contributed by atoms with van der Waals surface area (Å²) in [5.74, 6) is -0.550. The molecular weight excluding hydrogens is 208 g/mol. The van der Waals surface area contributed by atoms with E-state index in [9.17, 15) is 9.59 Å². The van der Waals surface area contributed by atoms with E-state index >= 15 is 0 Å². The van der Waals surface area contributed by atoms with Crippen molar-refractivity contribution in [3.8, 4) is 0 Å². The van der Waals surface area contributed by atoms with Crippen molar-refractivity contribution in [2.24, 2.45) is 7.05 Å². The van der Waals surface area contributed by atoms with Crippen molar-refractivity contribution in [3.05, 3.63) is 29.6 Å². The molecule has 0 aromatic carbocycles. The van der Waals surface area contributed by atoms with Gasteiger partial charge in [0.05, 0.1) is 7.11 Å². The smallest absolute Gasteiger partial charge is 0.356 e. The van der Waals surface area contributed by atoms with Crippen LogP contribution in [0.3, 0.4) is 0 Å². The van der Waals surface area contributed by atoms with Crippen molar-refractivity contribution in [2.75, 3.05) is 7.11 Å². The summed E-state index contributed by atoms with van der Waals surface area (Å²) in [6, 6.07) is 3.22. The largest absolute Gasteiger partial charge is 0.464 e. The maximum atomic E-state index is 11.3. The number of aryl methyl sites for hydroxylation is 1. The van der Waals surface area contributed by atoms with Crippen molar-refractivity contribution in [2.45, 2.75) is 0 Å². The molecule has 0 radical (unpaired) electrons. The van der Waals surface area contributed by atoms with E-state index in [1.165, 1.54) is 13.2 Å². The Bertz CT molecular complexity index is 572. The number of hydrogen-bond donors (Lipinski definition) is 0. The maximum absolute atomic E-state index is 11.3. The predicted molar refractivity (Wildman–Crippen MR) is 57.4 cm³/mol. The number of rotatable bonds is 2. The zero-order chi connectivity index (χ0) is 11.7. The lowest BCUT2D eigenvalue weighted by Crippen LogP contribution is -2.06. The molecule has 0 aliphatic heterocycles. The monoisotopic (exact) mass is 218 g/mol. The molecule has 0 aliphatic carbocycles. The Kier molecular flexibility index (Phi) is 2.44. The molecule has 0 atom stereocenters. The van der Waals surface area contributed by atoms with Crippen LogP contribution in [0.25, 0.3) is 11.0 Å². The topological polar surface area (TPSA) is 61.2 Å². The molecule has 16 heavy (non-hydrogen) atoms. The van der Waals surface area contributed by atoms with Crippen LogP contribution < -0.4 is 0 Å². The molecule has 0 saturated carbocycles. The lowest BCUT2D eigenvalue weighted by atomic mass is 10.2. The summed E-state index contributed by atoms with van der Waals surface area (Å²) in [5.41, 5.74) is 1.16. The fraction of sp³-hybridized carbons (Fsp3) is 0.182. The molecule has 0 N–H and O–H groups in total. The second kappa shape index (κ2) is 3.77. The lowest BCUT2D eigenvalue weighted by Gasteiger charge is -2.02. The summed E-state index contributed by atoms with van der Waals surface area (Å²) < 4.78 is 6.32. The Hall–Kier alpha value is -2.17. The van der Waals surface area contributed by atoms with Crippen LogP contribution in [-0.2, 0) is 11.8 Å². The maximum Gasteiger partial charge on any atom is 0.356 e. The molecule has 0 spiro atoms. The summed E-state index contributed by atoms with van der Waals surface area (Å²) in [7, 11) is 3.07. The van der Waals surface area contributed by atoms with Gasteiger partial charge in [0, 0.05) is 24.2 Å². The molecular formula is C11H10N2O3. The Morgan fingerprint density at radius 1 is 1.56 bits per heavy atom. The molecule has 5 heteroatoms. The van der Waals surface area contributed by atoms with Gasteiger partial charge in [-0.05, 0) is 12.1 Å². The Balaban J connectivity index is 2.75. The summed E-state index contributed by atoms with van der Waals surface area (Å²) >= 11 is 0. The molecule has 2 aromatic rings. The van der Waals surface area contributed by atoms with Crippen LogP contribution in [0.2, 0.25) is 0 Å². The third-order valence-electron chi connectivity index (χ3n) is 2.39. The molecule has 0 fully saturated rings. The van der Waals surface area contributed by atoms with Gasteiger partial charge >= 0.3 is 5.97 Å². The normalized spacial score (nSPS) is 10.4. The van der Waals surface area contributed by atoms with Crippen LogP contribution in [0, 0.1) is 0 Å². The van der Waals surface area contributed by atoms with Gasteiger partial charge < -0.3 is 9.30 Å². The number of hydrogen-bond acceptors (Lipinski definition) is 4. The predicted octanol–water partition coefficient (Wildman–Crippen LogP) is 1.17. The van der Waals surface area contributed by atoms with E-state index in [2.05, 4.69) is 9.72 Å². The summed E-state index contributed by atoms with van der Waals surface area (Å²) in [6.45, 7) is 0. The molecule has 0 amide bonds. The van der Waals surface area contributed by atoms with E-state index in [1.807, 2.05) is 0 Å². The van der Waals surface area contributed by atoms with Crippen LogP contribution in [-0.4, -0.2) is 28.9 Å². The highest BCUT2D eigenvalue weighted by Gasteiger charge is 2.13. The van der Waals surface area contributed by atoms with Crippen molar-refractivity contribution in [1.29, 1.82) is 0 Å². The average Bonchev–Trinajstić information content (AvgIpc) is 2.69. The SMILES string of the molecule is COC(=O)c1cc(C=O)c2ccn(C)c2n1. The molecule has 0 bridgehead atoms. The molecule has 82 valence electrons. The minimum atomic E-state index is -0.550. The van der Waals surface area contributed by atoms with E-state index in [-0.39, 0.29) is 5.69 Å². The summed E-state index contributed by atoms with van der Waals surface area (Å²) in [6.07, 6.45) is 2.49. The molecule has 2 aromatic heterocycles. The summed E-state index contributed by atoms with van der Waals surface area (Å²) in [5, 5.41) is 0.727. The van der Waals surface area contributed by atoms with Gasteiger partial charge in [0.15, 0.2) is 12.0 Å². The minimum Gasteiger partial charge on any atom is -0.464 e. The zero-order valence-electron chi connectivity index (χ0n) is 8.93. The van der Waals surface area contributed by atoms with Gasteiger partial charge in [0.25, 0.3) is 0 Å². The van der Waals surface area contributed by atoms with Crippen LogP contribution in [0.4, 0.5) is 0 Å². The number of ether oxygens (including phenoxy) is 1. The summed E-state index contributed by atoms with van der Waals surface area (Å²) in [4.78, 5) is 26.4. The molecule has 2 rings (SSSR count). The van der Waals surface area contributed by atoms with Gasteiger partial charge in [0.2, 0.25) is 0 Å². The van der Waals surface area contributed by atoms with Crippen molar-refractivity contribution in [1.82, 2.24) is 9.55 Å². The number of esters is 1. The number of methoxy groups -OCH3 is 1. The number of aldehydes is 1. The molecule has 0 saturated heterocycles. The fourth-order valence-corrected chi connectivity index (χ4v) is 1.56. The standard InChI is InChI=1S/C11H10N2O3/c1-13-4-3-8-7(6-14)5-9(11(15)16-2)12-10(8)13/h3-6H,1-2H3. The third kappa shape index (κ3) is 1.46. The Morgan fingerprint density at radius 3 is 2.94 bits per heavy atom. The van der Waals surface area contributed by atoms with Gasteiger partial charge in [0.1, 0.15) is 5.65 Å². The third-order valence-corrected chi connectivity index (χ3v) is 2.39. The second-order valence-electron chi connectivity index (χ2n) is 3.37. The Labute approximate surface area is 91.6 Å². The van der Waals surface area contributed by atoms with E-state index in [4.69, 9.17) is 0 Å². The number of nitrogens with zero attached hydrogens (tertiary/aromatic N) is 2. The lowest BCUT2D eigenvalue weighted by molar-refractivity contribution is 0.0594. The number of carbonyl (C=O) groups is 2. The van der Waals surface area contributed by atoms with Crippen molar-refractivity contribution in [3.63, 3.8) is 0 Å². The highest BCUT2D eigenvalue weighted by atomic mass is 16.5. The van der Waals surface area contributed by atoms with Crippen molar-refractivity contribution < 1.29 is 14.3 Å². The van der Waals surface area contributed by atoms with Crippen molar-refractivity contribution >= 4 is 23.3 Å². The van der Waals surface area contributed by atoms with Gasteiger partial charge in [-0.25, -0.2) is 9.78 Å². The number of fused-ring (bicyclic) bond motifs is 1. The molecule has 0 unspecified atom stereocenters. The van der Waals surface area contributed by atoms with Crippen LogP contribution in [0.1, 0.15) is 20.8 Å². The Morgan fingerprint density at radius 2 is 2.31 bits per heavy atom. The van der Waals surface area contributed by atoms with Crippen LogP contribution >= 0.6 is 0 Å². The van der Waals surface area contributed by atoms with Crippen LogP contribution in [0.15, 0.2) is 18.3 Å². The minimum absolute atomic E-state index is 0.138. The number of aromatic nitrogens is 2. The van der Waals surface area contributed by atoms with E-state index in [0.29, 0.717) is 17.5 Å². The van der Waals surface area contributed by atoms with Gasteiger partial charge in [-0.2, -0.15) is 0 Å². The first-order valence-corrected chi connectivity index (χ1v) is 4.67. The van der Waals surface area contributed by atoms with Gasteiger partial charge in [-0.1, -0.05) is 0 Å². The number of pyridine rings is 1. The second-order valence-corrected chi connectivity index (χ2v) is 3.37. The molecule has 2 heterocycles. The molecule has 5 nitrogen and oxygen atoms in total. The van der Waals surface area contributed by atoms with Gasteiger partial charge in [-0.15, -0.1) is 0 Å². The molecule has 0 aliphatic rings. The van der Waals surface area contributed by atoms with Crippen LogP contribution in [0.5, 0.6) is 0 Å². The first-order valence-electron chi connectivity index (χ1n) is 4.67. The first-order chi connectivity index (χ1) is 7.67. The van der Waals surface area contributed by atoms with E-state index in [1.54, 1.807) is 23.9 Å². The highest BCUT2D eigenvalue weighted by molar-refractivity contribution is 5.99. The quantitative estimate of drug-likeness (QED) is 0.560. The van der Waals surface area contributed by atoms with E-state index < -0.39 is 5.97 Å².